The van der Waals surface area contributed by atoms with Gasteiger partial charge in [-0.25, -0.2) is 5.84 Å². The standard InChI is InChI=1S/C3H5N5OS/c4-2-1(3(9)6-5)7-8-10-2/h4-5H2,(H,6,9). The van der Waals surface area contributed by atoms with Crippen LogP contribution in [0.3, 0.4) is 0 Å². The van der Waals surface area contributed by atoms with Gasteiger partial charge in [-0.3, -0.25) is 10.2 Å². The summed E-state index contributed by atoms with van der Waals surface area (Å²) < 4.78 is 3.44. The summed E-state index contributed by atoms with van der Waals surface area (Å²) in [5, 5.41) is 3.70. The van der Waals surface area contributed by atoms with Gasteiger partial charge < -0.3 is 5.73 Å². The summed E-state index contributed by atoms with van der Waals surface area (Å²) >= 11 is 0.948. The Morgan fingerprint density at radius 3 is 2.80 bits per heavy atom. The summed E-state index contributed by atoms with van der Waals surface area (Å²) in [7, 11) is 0. The predicted octanol–water partition coefficient (Wildman–Crippen LogP) is -1.28. The lowest BCUT2D eigenvalue weighted by Crippen LogP contribution is -2.30. The Bertz CT molecular complexity index is 245. The van der Waals surface area contributed by atoms with Gasteiger partial charge in [0.1, 0.15) is 5.00 Å². The van der Waals surface area contributed by atoms with Gasteiger partial charge in [-0.05, 0) is 0 Å². The molecule has 0 aliphatic heterocycles. The van der Waals surface area contributed by atoms with E-state index >= 15 is 0 Å². The number of hydrazine groups is 1. The van der Waals surface area contributed by atoms with E-state index in [1.54, 1.807) is 0 Å². The number of nitrogens with one attached hydrogen (secondary N) is 1. The number of nitrogens with zero attached hydrogens (tertiary/aromatic N) is 2. The zero-order valence-corrected chi connectivity index (χ0v) is 5.68. The van der Waals surface area contributed by atoms with Crippen molar-refractivity contribution < 1.29 is 4.79 Å². The van der Waals surface area contributed by atoms with Crippen molar-refractivity contribution in [3.8, 4) is 0 Å². The summed E-state index contributed by atoms with van der Waals surface area (Å²) in [6, 6.07) is 0. The first-order valence-corrected chi connectivity index (χ1v) is 3.12. The van der Waals surface area contributed by atoms with Crippen LogP contribution >= 0.6 is 11.5 Å². The molecule has 1 heterocycles. The van der Waals surface area contributed by atoms with E-state index in [0.717, 1.165) is 11.5 Å². The molecule has 0 saturated heterocycles. The minimum Gasteiger partial charge on any atom is -0.387 e. The summed E-state index contributed by atoms with van der Waals surface area (Å²) in [6.07, 6.45) is 0. The first-order valence-electron chi connectivity index (χ1n) is 2.34. The van der Waals surface area contributed by atoms with Gasteiger partial charge in [-0.2, -0.15) is 0 Å². The highest BCUT2D eigenvalue weighted by Gasteiger charge is 2.11. The molecule has 0 aromatic carbocycles. The summed E-state index contributed by atoms with van der Waals surface area (Å²) in [4.78, 5) is 10.7. The molecule has 54 valence electrons. The molecule has 0 aliphatic carbocycles. The van der Waals surface area contributed by atoms with Gasteiger partial charge >= 0.3 is 0 Å². The molecule has 10 heavy (non-hydrogen) atoms. The predicted molar refractivity (Wildman–Crippen MR) is 36.0 cm³/mol. The van der Waals surface area contributed by atoms with Crippen LogP contribution in [0.25, 0.3) is 0 Å². The van der Waals surface area contributed by atoms with E-state index in [1.165, 1.54) is 0 Å². The largest absolute Gasteiger partial charge is 0.387 e. The second-order valence-electron chi connectivity index (χ2n) is 1.46. The second-order valence-corrected chi connectivity index (χ2v) is 2.24. The number of amides is 1. The Balaban J connectivity index is 2.93. The number of carbonyl (C=O) groups is 1. The number of carbonyl (C=O) groups excluding carboxylic acids is 1. The van der Waals surface area contributed by atoms with Crippen molar-refractivity contribution in [3.05, 3.63) is 5.69 Å². The van der Waals surface area contributed by atoms with Crippen LogP contribution in [0.4, 0.5) is 5.00 Å². The van der Waals surface area contributed by atoms with Gasteiger partial charge in [0.25, 0.3) is 5.91 Å². The minimum atomic E-state index is -0.522. The zero-order chi connectivity index (χ0) is 7.56. The molecule has 0 unspecified atom stereocenters. The second kappa shape index (κ2) is 2.58. The Labute approximate surface area is 60.3 Å². The first-order chi connectivity index (χ1) is 4.75. The molecular weight excluding hydrogens is 154 g/mol. The zero-order valence-electron chi connectivity index (χ0n) is 4.87. The fraction of sp³-hybridized carbons (Fsp3) is 0. The molecule has 5 N–H and O–H groups in total. The van der Waals surface area contributed by atoms with Crippen LogP contribution in [0.2, 0.25) is 0 Å². The third-order valence-electron chi connectivity index (χ3n) is 0.860. The molecule has 1 aromatic rings. The van der Waals surface area contributed by atoms with Crippen LogP contribution in [-0.2, 0) is 0 Å². The Hall–Kier alpha value is -1.21. The summed E-state index contributed by atoms with van der Waals surface area (Å²) in [5.41, 5.74) is 7.26. The highest BCUT2D eigenvalue weighted by atomic mass is 32.1. The van der Waals surface area contributed by atoms with Gasteiger partial charge in [-0.1, -0.05) is 4.49 Å². The number of rotatable bonds is 1. The average molecular weight is 159 g/mol. The minimum absolute atomic E-state index is 0.0764. The third-order valence-corrected chi connectivity index (χ3v) is 1.41. The van der Waals surface area contributed by atoms with Crippen LogP contribution in [0.1, 0.15) is 10.5 Å². The molecule has 1 rings (SSSR count). The molecule has 7 heteroatoms. The van der Waals surface area contributed by atoms with Crippen molar-refractivity contribution >= 4 is 22.4 Å². The molecule has 1 aromatic heterocycles. The van der Waals surface area contributed by atoms with Gasteiger partial charge in [-0.15, -0.1) is 5.10 Å². The van der Waals surface area contributed by atoms with Crippen LogP contribution in [-0.4, -0.2) is 15.5 Å². The number of hydrogen-bond acceptors (Lipinski definition) is 6. The average Bonchev–Trinajstić information content (AvgIpc) is 2.34. The quantitative estimate of drug-likeness (QED) is 0.269. The molecule has 1 amide bonds. The van der Waals surface area contributed by atoms with Crippen molar-refractivity contribution in [3.63, 3.8) is 0 Å². The van der Waals surface area contributed by atoms with Crippen molar-refractivity contribution in [2.45, 2.75) is 0 Å². The molecule has 0 spiro atoms. The maximum absolute atomic E-state index is 10.7. The molecular formula is C3H5N5OS. The molecule has 0 bridgehead atoms. The monoisotopic (exact) mass is 159 g/mol. The van der Waals surface area contributed by atoms with Crippen molar-refractivity contribution in [1.82, 2.24) is 15.0 Å². The maximum atomic E-state index is 10.7. The van der Waals surface area contributed by atoms with E-state index in [0.29, 0.717) is 0 Å². The highest BCUT2D eigenvalue weighted by molar-refractivity contribution is 7.10. The number of hydrogen-bond donors (Lipinski definition) is 3. The van der Waals surface area contributed by atoms with Crippen LogP contribution < -0.4 is 17.0 Å². The highest BCUT2D eigenvalue weighted by Crippen LogP contribution is 2.10. The van der Waals surface area contributed by atoms with Crippen LogP contribution in [0.15, 0.2) is 0 Å². The lowest BCUT2D eigenvalue weighted by molar-refractivity contribution is 0.0949. The normalized spacial score (nSPS) is 9.30. The number of nitrogens with two attached hydrogens (primary N) is 2. The Kier molecular flexibility index (Phi) is 1.78. The molecule has 0 radical (unpaired) electrons. The van der Waals surface area contributed by atoms with E-state index in [2.05, 4.69) is 9.59 Å². The summed E-state index contributed by atoms with van der Waals surface area (Å²) in [6.45, 7) is 0. The summed E-state index contributed by atoms with van der Waals surface area (Å²) in [5.74, 6) is 4.29. The van der Waals surface area contributed by atoms with Crippen LogP contribution in [0, 0.1) is 0 Å². The fourth-order valence-electron chi connectivity index (χ4n) is 0.423. The van der Waals surface area contributed by atoms with Gasteiger partial charge in [0, 0.05) is 11.5 Å². The number of anilines is 1. The van der Waals surface area contributed by atoms with E-state index in [1.807, 2.05) is 5.43 Å². The van der Waals surface area contributed by atoms with Gasteiger partial charge in [0.05, 0.1) is 0 Å². The number of nitrogen functional groups attached to an aromatic ring is 2. The molecule has 0 saturated carbocycles. The van der Waals surface area contributed by atoms with E-state index in [-0.39, 0.29) is 10.7 Å². The van der Waals surface area contributed by atoms with Crippen molar-refractivity contribution in [2.75, 3.05) is 5.73 Å². The topological polar surface area (TPSA) is 107 Å². The maximum Gasteiger partial charge on any atom is 0.288 e. The van der Waals surface area contributed by atoms with Crippen molar-refractivity contribution in [1.29, 1.82) is 0 Å². The van der Waals surface area contributed by atoms with Crippen LogP contribution in [0.5, 0.6) is 0 Å². The molecule has 0 fully saturated rings. The van der Waals surface area contributed by atoms with Crippen molar-refractivity contribution in [2.24, 2.45) is 5.84 Å². The van der Waals surface area contributed by atoms with E-state index < -0.39 is 5.91 Å². The molecule has 0 aliphatic rings. The Morgan fingerprint density at radius 2 is 2.40 bits per heavy atom. The van der Waals surface area contributed by atoms with E-state index in [4.69, 9.17) is 11.6 Å². The fourth-order valence-corrected chi connectivity index (χ4v) is 0.854. The lowest BCUT2D eigenvalue weighted by Gasteiger charge is -1.91. The SMILES string of the molecule is NNC(=O)c1nnsc1N. The third kappa shape index (κ3) is 1.04. The number of aromatic nitrogens is 2. The van der Waals surface area contributed by atoms with E-state index in [9.17, 15) is 4.79 Å². The van der Waals surface area contributed by atoms with Gasteiger partial charge in [0.15, 0.2) is 5.69 Å². The first kappa shape index (κ1) is 6.90. The lowest BCUT2D eigenvalue weighted by atomic mass is 10.4. The molecule has 6 nitrogen and oxygen atoms in total. The smallest absolute Gasteiger partial charge is 0.288 e. The molecule has 0 atom stereocenters. The van der Waals surface area contributed by atoms with Gasteiger partial charge in [0.2, 0.25) is 0 Å². The Morgan fingerprint density at radius 1 is 1.70 bits per heavy atom.